The van der Waals surface area contributed by atoms with Gasteiger partial charge in [-0.3, -0.25) is 9.59 Å². The average molecular weight is 395 g/mol. The second kappa shape index (κ2) is 5.76. The first-order chi connectivity index (χ1) is 16.4. The number of carbonyl (C=O) groups is 2. The fourth-order valence-electron chi connectivity index (χ4n) is 4.35. The summed E-state index contributed by atoms with van der Waals surface area (Å²) in [6.45, 7) is -5.86. The van der Waals surface area contributed by atoms with Crippen LogP contribution in [0, 0.1) is 0 Å². The van der Waals surface area contributed by atoms with E-state index >= 15 is 0 Å². The number of hydrogen-bond acceptors (Lipinski definition) is 4. The highest BCUT2D eigenvalue weighted by Gasteiger charge is 2.47. The summed E-state index contributed by atoms with van der Waals surface area (Å²) in [5.41, 5.74) is 1.95. The predicted molar refractivity (Wildman–Crippen MR) is 105 cm³/mol. The Hall–Kier alpha value is -3.48. The molecule has 2 aromatic carbocycles. The maximum atomic E-state index is 13.4. The van der Waals surface area contributed by atoms with Gasteiger partial charge in [-0.15, -0.1) is 0 Å². The number of para-hydroxylation sites is 1. The Bertz CT molecular complexity index is 1420. The molecule has 0 saturated carbocycles. The number of H-pyrrole nitrogens is 1. The highest BCUT2D eigenvalue weighted by atomic mass is 16.7. The highest BCUT2D eigenvalue weighted by Crippen LogP contribution is 2.44. The van der Waals surface area contributed by atoms with Crippen molar-refractivity contribution in [3.8, 4) is 11.5 Å². The van der Waals surface area contributed by atoms with Crippen LogP contribution in [0.25, 0.3) is 10.9 Å². The van der Waals surface area contributed by atoms with Crippen LogP contribution in [0.5, 0.6) is 11.5 Å². The van der Waals surface area contributed by atoms with Gasteiger partial charge >= 0.3 is 0 Å². The van der Waals surface area contributed by atoms with E-state index in [2.05, 4.69) is 4.98 Å². The van der Waals surface area contributed by atoms with Crippen molar-refractivity contribution < 1.29 is 27.3 Å². The summed E-state index contributed by atoms with van der Waals surface area (Å²) < 4.78 is 58.6. The quantitative estimate of drug-likeness (QED) is 0.686. The van der Waals surface area contributed by atoms with Crippen LogP contribution in [0.1, 0.15) is 31.1 Å². The fraction of sp³-hybridized carbons (Fsp3) is 0.273. The smallest absolute Gasteiger partial charge is 0.245 e. The van der Waals surface area contributed by atoms with Crippen molar-refractivity contribution in [1.29, 1.82) is 0 Å². The minimum Gasteiger partial charge on any atom is -0.454 e. The number of amides is 2. The molecule has 0 aliphatic carbocycles. The number of nitrogens with one attached hydrogen (secondary N) is 1. The molecular weight excluding hydrogens is 370 g/mol. The van der Waals surface area contributed by atoms with E-state index < -0.39 is 44.1 Å². The molecule has 0 unspecified atom stereocenters. The number of nitrogens with zero attached hydrogens (tertiary/aromatic N) is 2. The SMILES string of the molecule is [2H]C1([2H])Oc2ccc([C@]3([2H])c4[nH]c5ccccc5c4C[C@@H]4C(=O)N(C([2H])([2H])[2H])CC(=O)N43)cc2O1. The maximum Gasteiger partial charge on any atom is 0.245 e. The van der Waals surface area contributed by atoms with Gasteiger partial charge in [0.15, 0.2) is 11.5 Å². The van der Waals surface area contributed by atoms with Crippen LogP contribution in [0.2, 0.25) is 0 Å². The van der Waals surface area contributed by atoms with Crippen molar-refractivity contribution in [3.63, 3.8) is 0 Å². The number of piperazine rings is 1. The molecule has 6 rings (SSSR count). The summed E-state index contributed by atoms with van der Waals surface area (Å²) in [4.78, 5) is 31.8. The number of likely N-dealkylation sites (N-methyl/N-ethyl adjacent to an activating group) is 1. The molecule has 7 heteroatoms. The number of fused-ring (bicyclic) bond motifs is 5. The zero-order valence-electron chi connectivity index (χ0n) is 21.1. The van der Waals surface area contributed by atoms with Gasteiger partial charge in [-0.1, -0.05) is 24.3 Å². The first-order valence-corrected chi connectivity index (χ1v) is 9.16. The van der Waals surface area contributed by atoms with Crippen LogP contribution in [0.15, 0.2) is 42.5 Å². The van der Waals surface area contributed by atoms with Crippen LogP contribution in [0.3, 0.4) is 0 Å². The van der Waals surface area contributed by atoms with Crippen molar-refractivity contribution in [1.82, 2.24) is 14.8 Å². The number of benzene rings is 2. The largest absolute Gasteiger partial charge is 0.454 e. The monoisotopic (exact) mass is 395 g/mol. The number of carbonyl (C=O) groups excluding carboxylic acids is 2. The Morgan fingerprint density at radius 1 is 1.21 bits per heavy atom. The predicted octanol–water partition coefficient (Wildman–Crippen LogP) is 2.21. The Balaban J connectivity index is 1.58. The van der Waals surface area contributed by atoms with Gasteiger partial charge in [0.25, 0.3) is 0 Å². The number of aromatic nitrogens is 1. The number of hydrogen-bond donors (Lipinski definition) is 1. The third-order valence-electron chi connectivity index (χ3n) is 5.63. The molecule has 29 heavy (non-hydrogen) atoms. The molecule has 1 saturated heterocycles. The first kappa shape index (κ1) is 11.5. The minimum absolute atomic E-state index is 0.0459. The summed E-state index contributed by atoms with van der Waals surface area (Å²) in [5.74, 6) is -1.24. The second-order valence-electron chi connectivity index (χ2n) is 7.23. The van der Waals surface area contributed by atoms with Gasteiger partial charge in [-0.2, -0.15) is 0 Å². The van der Waals surface area contributed by atoms with Crippen molar-refractivity contribution in [2.75, 3.05) is 20.3 Å². The summed E-state index contributed by atoms with van der Waals surface area (Å²) in [6, 6.07) is 8.52. The molecule has 146 valence electrons. The molecule has 7 nitrogen and oxygen atoms in total. The van der Waals surface area contributed by atoms with Gasteiger partial charge < -0.3 is 24.3 Å². The summed E-state index contributed by atoms with van der Waals surface area (Å²) in [7, 11) is 0. The third kappa shape index (κ3) is 2.24. The van der Waals surface area contributed by atoms with Gasteiger partial charge in [0, 0.05) is 34.1 Å². The Kier molecular flexibility index (Phi) is 2.29. The van der Waals surface area contributed by atoms with Gasteiger partial charge in [0.1, 0.15) is 8.78 Å². The van der Waals surface area contributed by atoms with Crippen LogP contribution < -0.4 is 9.47 Å². The Morgan fingerprint density at radius 2 is 2.07 bits per heavy atom. The van der Waals surface area contributed by atoms with Crippen LogP contribution >= 0.6 is 0 Å². The molecule has 0 bridgehead atoms. The zero-order valence-corrected chi connectivity index (χ0v) is 15.1. The lowest BCUT2D eigenvalue weighted by Gasteiger charge is -2.46. The molecule has 2 atom stereocenters. The van der Waals surface area contributed by atoms with E-state index in [0.717, 1.165) is 10.3 Å². The van der Waals surface area contributed by atoms with Crippen LogP contribution in [-0.4, -0.2) is 52.9 Å². The molecule has 1 fully saturated rings. The highest BCUT2D eigenvalue weighted by molar-refractivity contribution is 5.97. The van der Waals surface area contributed by atoms with E-state index in [1.54, 1.807) is 0 Å². The summed E-state index contributed by atoms with van der Waals surface area (Å²) >= 11 is 0. The molecule has 1 N–H and O–H groups in total. The molecule has 1 aromatic heterocycles. The average Bonchev–Trinajstić information content (AvgIpc) is 3.31. The molecular formula is C22H19N3O4. The summed E-state index contributed by atoms with van der Waals surface area (Å²) in [5, 5.41) is 0.766. The molecule has 0 spiro atoms. The zero-order chi connectivity index (χ0) is 24.9. The van der Waals surface area contributed by atoms with Gasteiger partial charge in [-0.05, 0) is 29.3 Å². The van der Waals surface area contributed by atoms with Gasteiger partial charge in [0.2, 0.25) is 18.6 Å². The van der Waals surface area contributed by atoms with Gasteiger partial charge in [-0.25, -0.2) is 0 Å². The van der Waals surface area contributed by atoms with Crippen molar-refractivity contribution >= 4 is 22.7 Å². The first-order valence-electron chi connectivity index (χ1n) is 12.2. The normalized spacial score (nSPS) is 30.6. The van der Waals surface area contributed by atoms with E-state index in [0.29, 0.717) is 21.7 Å². The van der Waals surface area contributed by atoms with Crippen molar-refractivity contribution in [2.24, 2.45) is 0 Å². The lowest BCUT2D eigenvalue weighted by Crippen LogP contribution is -2.62. The lowest BCUT2D eigenvalue weighted by molar-refractivity contribution is -0.157. The number of ether oxygens (including phenoxy) is 2. The maximum absolute atomic E-state index is 13.4. The number of aromatic amines is 1. The van der Waals surface area contributed by atoms with E-state index in [1.165, 1.54) is 18.2 Å². The van der Waals surface area contributed by atoms with E-state index in [9.17, 15) is 11.0 Å². The molecule has 0 radical (unpaired) electrons. The van der Waals surface area contributed by atoms with E-state index in [-0.39, 0.29) is 23.5 Å². The van der Waals surface area contributed by atoms with Gasteiger partial charge in [0.05, 0.1) is 13.9 Å². The minimum atomic E-state index is -2.80. The molecule has 3 aromatic rings. The van der Waals surface area contributed by atoms with E-state index in [4.69, 9.17) is 16.3 Å². The summed E-state index contributed by atoms with van der Waals surface area (Å²) in [6.07, 6.45) is 0.0459. The van der Waals surface area contributed by atoms with Crippen molar-refractivity contribution in [2.45, 2.75) is 18.5 Å². The topological polar surface area (TPSA) is 74.9 Å². The second-order valence-corrected chi connectivity index (χ2v) is 7.23. The third-order valence-corrected chi connectivity index (χ3v) is 5.63. The van der Waals surface area contributed by atoms with Crippen LogP contribution in [0.4, 0.5) is 0 Å². The van der Waals surface area contributed by atoms with Crippen molar-refractivity contribution in [3.05, 3.63) is 59.3 Å². The Labute approximate surface area is 175 Å². The molecule has 2 amide bonds. The number of rotatable bonds is 1. The standard InChI is InChI=1S/C22H19N3O4/c1-24-10-19(26)25-16(22(24)27)9-14-13-4-2-3-5-15(13)23-20(14)21(25)12-6-7-17-18(8-12)29-11-28-17/h2-8,16,21,23H,9-11H2,1H3/t16-,21-/m1/s1/i1D3,11D2,21D. The lowest BCUT2D eigenvalue weighted by atomic mass is 9.86. The molecule has 3 aliphatic heterocycles. The van der Waals surface area contributed by atoms with E-state index in [1.807, 2.05) is 24.3 Å². The molecule has 3 aliphatic rings. The molecule has 4 heterocycles. The van der Waals surface area contributed by atoms with Crippen LogP contribution in [-0.2, 0) is 16.0 Å². The fourth-order valence-corrected chi connectivity index (χ4v) is 4.35. The Morgan fingerprint density at radius 3 is 2.97 bits per heavy atom.